The number of nitrogens with zero attached hydrogens (tertiary/aromatic N) is 1. The minimum Gasteiger partial charge on any atom is -0.496 e. The molecule has 1 N–H and O–H groups in total. The molecule has 1 aromatic carbocycles. The number of nitrogens with one attached hydrogen (secondary N) is 1. The second-order valence-electron chi connectivity index (χ2n) is 5.89. The molecule has 3 rings (SSSR count). The summed E-state index contributed by atoms with van der Waals surface area (Å²) in [6, 6.07) is 3.94. The number of rotatable bonds is 5. The van der Waals surface area contributed by atoms with Gasteiger partial charge in [-0.05, 0) is 31.0 Å². The standard InChI is InChI=1S/C16H24N2O3/c1-19-14-5-16(21-3)15(20-2)4-11(14)8-18-9-12-6-17-7-13(12)10-18/h4-5,12-13,17H,6-10H2,1-3H3/t12-,13+. The Labute approximate surface area is 126 Å². The van der Waals surface area contributed by atoms with E-state index in [2.05, 4.69) is 10.2 Å². The highest BCUT2D eigenvalue weighted by molar-refractivity contribution is 5.50. The molecule has 2 atom stereocenters. The molecule has 0 bridgehead atoms. The monoisotopic (exact) mass is 292 g/mol. The summed E-state index contributed by atoms with van der Waals surface area (Å²) in [6.07, 6.45) is 0. The molecule has 2 saturated heterocycles. The minimum atomic E-state index is 0.709. The van der Waals surface area contributed by atoms with Gasteiger partial charge in [0, 0.05) is 31.3 Å². The van der Waals surface area contributed by atoms with Crippen LogP contribution in [0.5, 0.6) is 17.2 Å². The maximum Gasteiger partial charge on any atom is 0.164 e. The number of hydrogen-bond donors (Lipinski definition) is 1. The molecule has 2 aliphatic heterocycles. The Bertz CT molecular complexity index is 495. The zero-order valence-corrected chi connectivity index (χ0v) is 13.0. The van der Waals surface area contributed by atoms with E-state index in [1.807, 2.05) is 12.1 Å². The highest BCUT2D eigenvalue weighted by Gasteiger charge is 2.36. The number of hydrogen-bond acceptors (Lipinski definition) is 5. The molecule has 2 fully saturated rings. The van der Waals surface area contributed by atoms with Gasteiger partial charge in [0.05, 0.1) is 21.3 Å². The molecule has 0 saturated carbocycles. The molecule has 0 aliphatic carbocycles. The molecule has 2 heterocycles. The van der Waals surface area contributed by atoms with Crippen molar-refractivity contribution < 1.29 is 14.2 Å². The van der Waals surface area contributed by atoms with Gasteiger partial charge in [-0.15, -0.1) is 0 Å². The number of fused-ring (bicyclic) bond motifs is 1. The topological polar surface area (TPSA) is 43.0 Å². The Morgan fingerprint density at radius 1 is 0.952 bits per heavy atom. The third-order valence-corrected chi connectivity index (χ3v) is 4.65. The lowest BCUT2D eigenvalue weighted by Gasteiger charge is -2.20. The Balaban J connectivity index is 1.78. The van der Waals surface area contributed by atoms with Crippen LogP contribution < -0.4 is 19.5 Å². The normalized spacial score (nSPS) is 24.9. The molecule has 2 aliphatic rings. The summed E-state index contributed by atoms with van der Waals surface area (Å²) in [6.45, 7) is 5.54. The largest absolute Gasteiger partial charge is 0.496 e. The van der Waals surface area contributed by atoms with Crippen molar-refractivity contribution in [2.75, 3.05) is 47.5 Å². The number of likely N-dealkylation sites (tertiary alicyclic amines) is 1. The molecule has 0 amide bonds. The molecule has 116 valence electrons. The van der Waals surface area contributed by atoms with Crippen LogP contribution >= 0.6 is 0 Å². The van der Waals surface area contributed by atoms with Crippen LogP contribution in [-0.4, -0.2) is 52.4 Å². The average molecular weight is 292 g/mol. The minimum absolute atomic E-state index is 0.709. The second kappa shape index (κ2) is 6.12. The van der Waals surface area contributed by atoms with Crippen LogP contribution in [0.4, 0.5) is 0 Å². The second-order valence-corrected chi connectivity index (χ2v) is 5.89. The first kappa shape index (κ1) is 14.5. The van der Waals surface area contributed by atoms with E-state index in [-0.39, 0.29) is 0 Å². The molecule has 0 unspecified atom stereocenters. The Hall–Kier alpha value is -1.46. The van der Waals surface area contributed by atoms with E-state index in [0.717, 1.165) is 61.6 Å². The summed E-state index contributed by atoms with van der Waals surface area (Å²) in [7, 11) is 5.01. The molecule has 0 aromatic heterocycles. The van der Waals surface area contributed by atoms with Crippen molar-refractivity contribution in [1.82, 2.24) is 10.2 Å². The van der Waals surface area contributed by atoms with E-state index in [1.165, 1.54) is 0 Å². The third kappa shape index (κ3) is 2.80. The zero-order chi connectivity index (χ0) is 14.8. The van der Waals surface area contributed by atoms with E-state index >= 15 is 0 Å². The van der Waals surface area contributed by atoms with Crippen molar-refractivity contribution in [3.05, 3.63) is 17.7 Å². The van der Waals surface area contributed by atoms with Crippen LogP contribution in [-0.2, 0) is 6.54 Å². The smallest absolute Gasteiger partial charge is 0.164 e. The van der Waals surface area contributed by atoms with Gasteiger partial charge in [0.1, 0.15) is 5.75 Å². The Morgan fingerprint density at radius 2 is 1.52 bits per heavy atom. The van der Waals surface area contributed by atoms with Crippen LogP contribution in [0.3, 0.4) is 0 Å². The summed E-state index contributed by atoms with van der Waals surface area (Å²) in [5.41, 5.74) is 1.16. The Morgan fingerprint density at radius 3 is 2.10 bits per heavy atom. The van der Waals surface area contributed by atoms with Crippen LogP contribution in [0, 0.1) is 11.8 Å². The Kier molecular flexibility index (Phi) is 4.22. The average Bonchev–Trinajstić information content (AvgIpc) is 3.07. The van der Waals surface area contributed by atoms with E-state index < -0.39 is 0 Å². The first-order valence-corrected chi connectivity index (χ1v) is 7.47. The zero-order valence-electron chi connectivity index (χ0n) is 13.0. The molecule has 0 spiro atoms. The molecule has 21 heavy (non-hydrogen) atoms. The van der Waals surface area contributed by atoms with Crippen molar-refractivity contribution in [2.24, 2.45) is 11.8 Å². The fraction of sp³-hybridized carbons (Fsp3) is 0.625. The van der Waals surface area contributed by atoms with Gasteiger partial charge < -0.3 is 19.5 Å². The summed E-state index contributed by atoms with van der Waals surface area (Å²) in [4.78, 5) is 2.51. The van der Waals surface area contributed by atoms with Gasteiger partial charge in [0.2, 0.25) is 0 Å². The third-order valence-electron chi connectivity index (χ3n) is 4.65. The molecular formula is C16H24N2O3. The van der Waals surface area contributed by atoms with Crippen molar-refractivity contribution in [1.29, 1.82) is 0 Å². The maximum atomic E-state index is 5.52. The predicted octanol–water partition coefficient (Wildman–Crippen LogP) is 1.36. The predicted molar refractivity (Wildman–Crippen MR) is 81.2 cm³/mol. The van der Waals surface area contributed by atoms with E-state index in [0.29, 0.717) is 5.75 Å². The van der Waals surface area contributed by atoms with E-state index in [4.69, 9.17) is 14.2 Å². The molecule has 5 heteroatoms. The van der Waals surface area contributed by atoms with Gasteiger partial charge in [-0.3, -0.25) is 4.90 Å². The lowest BCUT2D eigenvalue weighted by atomic mass is 10.0. The lowest BCUT2D eigenvalue weighted by Crippen LogP contribution is -2.25. The quantitative estimate of drug-likeness (QED) is 0.888. The number of ether oxygens (including phenoxy) is 3. The van der Waals surface area contributed by atoms with Crippen molar-refractivity contribution in [3.8, 4) is 17.2 Å². The van der Waals surface area contributed by atoms with Crippen molar-refractivity contribution in [2.45, 2.75) is 6.54 Å². The fourth-order valence-electron chi connectivity index (χ4n) is 3.54. The van der Waals surface area contributed by atoms with Gasteiger partial charge in [-0.1, -0.05) is 0 Å². The molecule has 5 nitrogen and oxygen atoms in total. The fourth-order valence-corrected chi connectivity index (χ4v) is 3.54. The highest BCUT2D eigenvalue weighted by Crippen LogP contribution is 2.36. The van der Waals surface area contributed by atoms with E-state index in [9.17, 15) is 0 Å². The molecule has 0 radical (unpaired) electrons. The van der Waals surface area contributed by atoms with Gasteiger partial charge in [0.15, 0.2) is 11.5 Å². The summed E-state index contributed by atoms with van der Waals surface area (Å²) in [5.74, 6) is 3.94. The van der Waals surface area contributed by atoms with Crippen LogP contribution in [0.2, 0.25) is 0 Å². The van der Waals surface area contributed by atoms with Crippen LogP contribution in [0.25, 0.3) is 0 Å². The maximum absolute atomic E-state index is 5.52. The SMILES string of the molecule is COc1cc(OC)c(OC)cc1CN1C[C@H]2CNC[C@H]2C1. The number of benzene rings is 1. The van der Waals surface area contributed by atoms with Crippen LogP contribution in [0.1, 0.15) is 5.56 Å². The highest BCUT2D eigenvalue weighted by atomic mass is 16.5. The number of methoxy groups -OCH3 is 3. The van der Waals surface area contributed by atoms with Gasteiger partial charge in [-0.25, -0.2) is 0 Å². The van der Waals surface area contributed by atoms with Crippen molar-refractivity contribution >= 4 is 0 Å². The molecular weight excluding hydrogens is 268 g/mol. The van der Waals surface area contributed by atoms with E-state index in [1.54, 1.807) is 21.3 Å². The lowest BCUT2D eigenvalue weighted by molar-refractivity contribution is 0.295. The van der Waals surface area contributed by atoms with Crippen molar-refractivity contribution in [3.63, 3.8) is 0 Å². The van der Waals surface area contributed by atoms with Gasteiger partial charge in [0.25, 0.3) is 0 Å². The summed E-state index contributed by atoms with van der Waals surface area (Å²) in [5, 5.41) is 3.48. The first-order chi connectivity index (χ1) is 10.2. The summed E-state index contributed by atoms with van der Waals surface area (Å²) >= 11 is 0. The van der Waals surface area contributed by atoms with Gasteiger partial charge >= 0.3 is 0 Å². The molecule has 1 aromatic rings. The summed E-state index contributed by atoms with van der Waals surface area (Å²) < 4.78 is 16.3. The van der Waals surface area contributed by atoms with Crippen LogP contribution in [0.15, 0.2) is 12.1 Å². The first-order valence-electron chi connectivity index (χ1n) is 7.47. The van der Waals surface area contributed by atoms with Gasteiger partial charge in [-0.2, -0.15) is 0 Å².